The summed E-state index contributed by atoms with van der Waals surface area (Å²) >= 11 is 0. The molecule has 0 saturated carbocycles. The van der Waals surface area contributed by atoms with Gasteiger partial charge in [0, 0.05) is 5.56 Å². The summed E-state index contributed by atoms with van der Waals surface area (Å²) in [6.07, 6.45) is 0.530. The first kappa shape index (κ1) is 9.28. The van der Waals surface area contributed by atoms with Gasteiger partial charge in [0.05, 0.1) is 5.69 Å². The predicted molar refractivity (Wildman–Crippen MR) is 53.5 cm³/mol. The summed E-state index contributed by atoms with van der Waals surface area (Å²) in [5.74, 6) is 5.36. The van der Waals surface area contributed by atoms with Gasteiger partial charge in [-0.1, -0.05) is 5.92 Å². The number of benzene rings is 1. The molecule has 0 unspecified atom stereocenters. The van der Waals surface area contributed by atoms with Crippen LogP contribution in [0.5, 0.6) is 5.75 Å². The Kier molecular flexibility index (Phi) is 2.38. The molecule has 74 valence electrons. The van der Waals surface area contributed by atoms with Crippen LogP contribution in [0, 0.1) is 11.8 Å². The van der Waals surface area contributed by atoms with E-state index in [0.29, 0.717) is 23.3 Å². The summed E-state index contributed by atoms with van der Waals surface area (Å²) in [6.45, 7) is 0.0115. The summed E-state index contributed by atoms with van der Waals surface area (Å²) in [4.78, 5) is 21.0. The van der Waals surface area contributed by atoms with Gasteiger partial charge in [-0.15, -0.1) is 0 Å². The van der Waals surface area contributed by atoms with Gasteiger partial charge in [-0.05, 0) is 24.1 Å². The van der Waals surface area contributed by atoms with E-state index in [-0.39, 0.29) is 12.5 Å². The van der Waals surface area contributed by atoms with E-state index in [1.165, 1.54) is 0 Å². The maximum Gasteiger partial charge on any atom is 0.262 e. The molecule has 1 aromatic rings. The average Bonchev–Trinajstić information content (AvgIpc) is 2.26. The van der Waals surface area contributed by atoms with Gasteiger partial charge in [0.25, 0.3) is 5.91 Å². The number of carbonyl (C=O) groups excluding carboxylic acids is 2. The number of aldehydes is 1. The number of rotatable bonds is 0. The van der Waals surface area contributed by atoms with Crippen molar-refractivity contribution in [2.24, 2.45) is 0 Å². The van der Waals surface area contributed by atoms with Gasteiger partial charge >= 0.3 is 0 Å². The van der Waals surface area contributed by atoms with Gasteiger partial charge in [0.15, 0.2) is 12.9 Å². The number of anilines is 1. The predicted octanol–water partition coefficient (Wildman–Crippen LogP) is 0.568. The van der Waals surface area contributed by atoms with E-state index in [0.717, 1.165) is 0 Å². The summed E-state index contributed by atoms with van der Waals surface area (Å²) in [6, 6.07) is 5.09. The highest BCUT2D eigenvalue weighted by atomic mass is 16.5. The van der Waals surface area contributed by atoms with Crippen molar-refractivity contribution in [1.82, 2.24) is 0 Å². The highest BCUT2D eigenvalue weighted by Gasteiger charge is 2.15. The van der Waals surface area contributed by atoms with E-state index in [9.17, 15) is 9.59 Å². The largest absolute Gasteiger partial charge is 0.482 e. The standard InChI is InChI=1S/C11H7NO3/c13-5-1-2-8-3-4-9-10(6-8)15-7-11(14)12-9/h3-6H,7H2,(H,12,14). The number of hydrogen-bond donors (Lipinski definition) is 1. The van der Waals surface area contributed by atoms with Crippen molar-refractivity contribution in [3.05, 3.63) is 23.8 Å². The normalized spacial score (nSPS) is 12.7. The van der Waals surface area contributed by atoms with E-state index in [2.05, 4.69) is 17.2 Å². The second kappa shape index (κ2) is 3.84. The minimum atomic E-state index is -0.172. The summed E-state index contributed by atoms with van der Waals surface area (Å²) < 4.78 is 5.19. The van der Waals surface area contributed by atoms with Crippen LogP contribution in [0.1, 0.15) is 5.56 Å². The van der Waals surface area contributed by atoms with Crippen molar-refractivity contribution in [3.63, 3.8) is 0 Å². The lowest BCUT2D eigenvalue weighted by Crippen LogP contribution is -2.25. The third-order valence-corrected chi connectivity index (χ3v) is 1.89. The lowest BCUT2D eigenvalue weighted by Gasteiger charge is -2.17. The first-order valence-corrected chi connectivity index (χ1v) is 4.31. The molecule has 1 aliphatic heterocycles. The van der Waals surface area contributed by atoms with E-state index >= 15 is 0 Å². The SMILES string of the molecule is O=CC#Cc1ccc2c(c1)OCC(=O)N2. The van der Waals surface area contributed by atoms with Gasteiger partial charge in [0.2, 0.25) is 0 Å². The Bertz CT molecular complexity index is 482. The fraction of sp³-hybridized carbons (Fsp3) is 0.0909. The topological polar surface area (TPSA) is 55.4 Å². The van der Waals surface area contributed by atoms with Crippen molar-refractivity contribution in [3.8, 4) is 17.6 Å². The second-order valence-corrected chi connectivity index (χ2v) is 2.93. The molecule has 0 radical (unpaired) electrons. The average molecular weight is 201 g/mol. The third-order valence-electron chi connectivity index (χ3n) is 1.89. The molecule has 4 nitrogen and oxygen atoms in total. The fourth-order valence-corrected chi connectivity index (χ4v) is 1.27. The zero-order valence-electron chi connectivity index (χ0n) is 7.74. The van der Waals surface area contributed by atoms with E-state index in [1.54, 1.807) is 18.2 Å². The molecular weight excluding hydrogens is 194 g/mol. The Morgan fingerprint density at radius 1 is 1.47 bits per heavy atom. The highest BCUT2D eigenvalue weighted by Crippen LogP contribution is 2.27. The van der Waals surface area contributed by atoms with Crippen LogP contribution in [0.15, 0.2) is 18.2 Å². The third kappa shape index (κ3) is 1.97. The molecule has 0 aliphatic carbocycles. The summed E-state index contributed by atoms with van der Waals surface area (Å²) in [5.41, 5.74) is 1.31. The maximum atomic E-state index is 11.0. The maximum absolute atomic E-state index is 11.0. The molecule has 0 bridgehead atoms. The van der Waals surface area contributed by atoms with Crippen LogP contribution in [0.2, 0.25) is 0 Å². The molecule has 0 aromatic heterocycles. The second-order valence-electron chi connectivity index (χ2n) is 2.93. The Hall–Kier alpha value is -2.28. The van der Waals surface area contributed by atoms with Gasteiger partial charge in [-0.3, -0.25) is 9.59 Å². The minimum Gasteiger partial charge on any atom is -0.482 e. The summed E-state index contributed by atoms with van der Waals surface area (Å²) in [5, 5.41) is 2.66. The fourth-order valence-electron chi connectivity index (χ4n) is 1.27. The van der Waals surface area contributed by atoms with Gasteiger partial charge in [-0.25, -0.2) is 0 Å². The number of nitrogens with one attached hydrogen (secondary N) is 1. The number of fused-ring (bicyclic) bond motifs is 1. The molecule has 2 rings (SSSR count). The van der Waals surface area contributed by atoms with Crippen LogP contribution in [0.25, 0.3) is 0 Å². The molecule has 0 atom stereocenters. The van der Waals surface area contributed by atoms with Crippen molar-refractivity contribution in [2.45, 2.75) is 0 Å². The molecule has 4 heteroatoms. The lowest BCUT2D eigenvalue weighted by molar-refractivity contribution is -0.118. The Labute approximate surface area is 86.2 Å². The Balaban J connectivity index is 2.34. The van der Waals surface area contributed by atoms with Crippen LogP contribution in [0.3, 0.4) is 0 Å². The number of amides is 1. The van der Waals surface area contributed by atoms with Gasteiger partial charge in [-0.2, -0.15) is 0 Å². The summed E-state index contributed by atoms with van der Waals surface area (Å²) in [7, 11) is 0. The Morgan fingerprint density at radius 2 is 2.33 bits per heavy atom. The van der Waals surface area contributed by atoms with Gasteiger partial charge < -0.3 is 10.1 Å². The molecule has 1 aromatic carbocycles. The zero-order chi connectivity index (χ0) is 10.7. The number of ether oxygens (including phenoxy) is 1. The number of carbonyl (C=O) groups is 2. The first-order valence-electron chi connectivity index (χ1n) is 4.31. The first-order chi connectivity index (χ1) is 7.29. The van der Waals surface area contributed by atoms with Crippen LogP contribution in [0.4, 0.5) is 5.69 Å². The van der Waals surface area contributed by atoms with E-state index < -0.39 is 0 Å². The monoisotopic (exact) mass is 201 g/mol. The molecular formula is C11H7NO3. The quantitative estimate of drug-likeness (QED) is 0.493. The smallest absolute Gasteiger partial charge is 0.262 e. The van der Waals surface area contributed by atoms with E-state index in [4.69, 9.17) is 4.74 Å². The lowest BCUT2D eigenvalue weighted by atomic mass is 10.2. The minimum absolute atomic E-state index is 0.0115. The highest BCUT2D eigenvalue weighted by molar-refractivity contribution is 5.95. The molecule has 15 heavy (non-hydrogen) atoms. The zero-order valence-corrected chi connectivity index (χ0v) is 7.74. The molecule has 0 spiro atoms. The van der Waals surface area contributed by atoms with Crippen LogP contribution < -0.4 is 10.1 Å². The van der Waals surface area contributed by atoms with Crippen molar-refractivity contribution >= 4 is 17.9 Å². The molecule has 1 heterocycles. The molecule has 0 saturated heterocycles. The van der Waals surface area contributed by atoms with E-state index in [1.807, 2.05) is 0 Å². The van der Waals surface area contributed by atoms with Crippen LogP contribution in [-0.4, -0.2) is 18.8 Å². The molecule has 1 aliphatic rings. The molecule has 1 amide bonds. The number of hydrogen-bond acceptors (Lipinski definition) is 3. The molecule has 1 N–H and O–H groups in total. The van der Waals surface area contributed by atoms with Crippen molar-refractivity contribution in [1.29, 1.82) is 0 Å². The van der Waals surface area contributed by atoms with Crippen molar-refractivity contribution in [2.75, 3.05) is 11.9 Å². The van der Waals surface area contributed by atoms with Crippen molar-refractivity contribution < 1.29 is 14.3 Å². The van der Waals surface area contributed by atoms with Gasteiger partial charge in [0.1, 0.15) is 5.75 Å². The van der Waals surface area contributed by atoms with Crippen LogP contribution in [-0.2, 0) is 9.59 Å². The Morgan fingerprint density at radius 3 is 3.13 bits per heavy atom. The van der Waals surface area contributed by atoms with Crippen LogP contribution >= 0.6 is 0 Å². The molecule has 0 fully saturated rings.